The molecule has 43 heavy (non-hydrogen) atoms. The van der Waals surface area contributed by atoms with Crippen LogP contribution in [0.1, 0.15) is 58.8 Å². The SMILES string of the molecule is CC(C)n1c(C(C)(C)O)nc2c(F)cc(-c3nc(N[C@]45C[C@H]6CC(S(=O)(=O)C7COC7)(N6)O[C@H](C4)[C@H]5O)ncc3Cl)cc21. The van der Waals surface area contributed by atoms with Crippen LogP contribution in [-0.4, -0.2) is 85.5 Å². The summed E-state index contributed by atoms with van der Waals surface area (Å²) >= 11 is 6.53. The zero-order valence-corrected chi connectivity index (χ0v) is 25.7. The third-order valence-electron chi connectivity index (χ3n) is 9.07. The number of sulfone groups is 1. The Kier molecular flexibility index (Phi) is 6.48. The molecule has 0 amide bonds. The summed E-state index contributed by atoms with van der Waals surface area (Å²) in [6.45, 7) is 7.34. The average molecular weight is 637 g/mol. The Labute approximate surface area is 252 Å². The van der Waals surface area contributed by atoms with E-state index in [1.807, 2.05) is 13.8 Å². The van der Waals surface area contributed by atoms with Crippen LogP contribution in [0.15, 0.2) is 18.3 Å². The largest absolute Gasteiger partial charge is 0.388 e. The molecule has 1 aromatic carbocycles. The van der Waals surface area contributed by atoms with Gasteiger partial charge < -0.3 is 29.6 Å². The molecule has 7 aliphatic rings. The van der Waals surface area contributed by atoms with E-state index in [0.717, 1.165) is 0 Å². The van der Waals surface area contributed by atoms with E-state index in [1.54, 1.807) is 24.5 Å². The molecule has 7 fully saturated rings. The summed E-state index contributed by atoms with van der Waals surface area (Å²) in [7, 11) is -3.66. The minimum Gasteiger partial charge on any atom is -0.388 e. The number of imidazole rings is 1. The molecule has 6 saturated heterocycles. The van der Waals surface area contributed by atoms with Crippen molar-refractivity contribution in [3.63, 3.8) is 0 Å². The number of anilines is 1. The van der Waals surface area contributed by atoms with Gasteiger partial charge in [0, 0.05) is 30.5 Å². The zero-order valence-electron chi connectivity index (χ0n) is 24.1. The van der Waals surface area contributed by atoms with Crippen molar-refractivity contribution < 1.29 is 32.5 Å². The zero-order chi connectivity index (χ0) is 30.7. The molecule has 1 saturated carbocycles. The van der Waals surface area contributed by atoms with E-state index < -0.39 is 49.3 Å². The number of halogens is 2. The van der Waals surface area contributed by atoms with Crippen molar-refractivity contribution in [3.05, 3.63) is 35.0 Å². The van der Waals surface area contributed by atoms with Gasteiger partial charge in [0.05, 0.1) is 47.3 Å². The second-order valence-corrected chi connectivity index (χ2v) is 15.8. The van der Waals surface area contributed by atoms with Crippen LogP contribution in [0.25, 0.3) is 22.3 Å². The Balaban J connectivity index is 1.19. The molecule has 8 heterocycles. The van der Waals surface area contributed by atoms with E-state index >= 15 is 4.39 Å². The number of ether oxygens (including phenoxy) is 2. The van der Waals surface area contributed by atoms with E-state index in [0.29, 0.717) is 29.7 Å². The van der Waals surface area contributed by atoms with Gasteiger partial charge >= 0.3 is 0 Å². The van der Waals surface area contributed by atoms with Gasteiger partial charge in [-0.3, -0.25) is 5.32 Å². The van der Waals surface area contributed by atoms with Gasteiger partial charge in [-0.25, -0.2) is 27.8 Å². The number of hydrogen-bond donors (Lipinski definition) is 4. The molecule has 4 N–H and O–H groups in total. The fourth-order valence-electron chi connectivity index (χ4n) is 6.80. The molecule has 0 spiro atoms. The topological polar surface area (TPSA) is 161 Å². The quantitative estimate of drug-likeness (QED) is 0.302. The first-order valence-corrected chi connectivity index (χ1v) is 16.3. The van der Waals surface area contributed by atoms with Crippen molar-refractivity contribution in [1.29, 1.82) is 0 Å². The minimum atomic E-state index is -3.66. The van der Waals surface area contributed by atoms with E-state index in [1.165, 1.54) is 12.3 Å². The van der Waals surface area contributed by atoms with Crippen LogP contribution in [0.3, 0.4) is 0 Å². The summed E-state index contributed by atoms with van der Waals surface area (Å²) in [5.74, 6) is -0.0684. The van der Waals surface area contributed by atoms with Crippen molar-refractivity contribution in [2.75, 3.05) is 18.5 Å². The second kappa shape index (κ2) is 9.52. The second-order valence-electron chi connectivity index (χ2n) is 13.0. The molecule has 4 bridgehead atoms. The number of nitrogens with one attached hydrogen (secondary N) is 2. The fourth-order valence-corrected chi connectivity index (χ4v) is 9.11. The van der Waals surface area contributed by atoms with Crippen LogP contribution in [0.2, 0.25) is 5.02 Å². The highest BCUT2D eigenvalue weighted by Crippen LogP contribution is 2.52. The first-order chi connectivity index (χ1) is 20.1. The van der Waals surface area contributed by atoms with Crippen LogP contribution in [-0.2, 0) is 24.9 Å². The molecule has 6 aliphatic heterocycles. The Morgan fingerprint density at radius 2 is 1.95 bits per heavy atom. The summed E-state index contributed by atoms with van der Waals surface area (Å²) in [6.07, 6.45) is 0.722. The van der Waals surface area contributed by atoms with Crippen LogP contribution < -0.4 is 10.6 Å². The molecule has 15 heteroatoms. The van der Waals surface area contributed by atoms with Gasteiger partial charge in [-0.15, -0.1) is 0 Å². The first kappa shape index (κ1) is 29.3. The lowest BCUT2D eigenvalue weighted by molar-refractivity contribution is -0.236. The predicted molar refractivity (Wildman–Crippen MR) is 156 cm³/mol. The normalized spacial score (nSPS) is 30.8. The van der Waals surface area contributed by atoms with Crippen LogP contribution in [0.4, 0.5) is 10.3 Å². The minimum absolute atomic E-state index is 0.122. The smallest absolute Gasteiger partial charge is 0.225 e. The molecular weight excluding hydrogens is 603 g/mol. The number of aliphatic hydroxyl groups excluding tert-OH is 1. The van der Waals surface area contributed by atoms with Gasteiger partial charge in [0.25, 0.3) is 0 Å². The third-order valence-corrected chi connectivity index (χ3v) is 11.8. The number of hydrogen-bond acceptors (Lipinski definition) is 11. The monoisotopic (exact) mass is 636 g/mol. The first-order valence-electron chi connectivity index (χ1n) is 14.3. The Hall–Kier alpha value is -2.46. The molecule has 2 aromatic heterocycles. The molecular formula is C28H34ClFN6O6S. The third kappa shape index (κ3) is 4.32. The van der Waals surface area contributed by atoms with Gasteiger partial charge in [0.15, 0.2) is 5.82 Å². The van der Waals surface area contributed by atoms with Crippen LogP contribution in [0, 0.1) is 5.82 Å². The van der Waals surface area contributed by atoms with Crippen molar-refractivity contribution in [1.82, 2.24) is 24.8 Å². The maximum atomic E-state index is 15.5. The maximum Gasteiger partial charge on any atom is 0.225 e. The van der Waals surface area contributed by atoms with Crippen molar-refractivity contribution in [2.24, 2.45) is 0 Å². The summed E-state index contributed by atoms with van der Waals surface area (Å²) < 4.78 is 54.8. The Morgan fingerprint density at radius 1 is 1.23 bits per heavy atom. The van der Waals surface area contributed by atoms with E-state index in [-0.39, 0.29) is 53.9 Å². The lowest BCUT2D eigenvalue weighted by Crippen LogP contribution is -2.81. The van der Waals surface area contributed by atoms with E-state index in [2.05, 4.69) is 25.6 Å². The van der Waals surface area contributed by atoms with E-state index in [4.69, 9.17) is 21.1 Å². The fraction of sp³-hybridized carbons (Fsp3) is 0.607. The lowest BCUT2D eigenvalue weighted by Gasteiger charge is -2.63. The summed E-state index contributed by atoms with van der Waals surface area (Å²) in [5, 5.41) is 26.4. The predicted octanol–water partition coefficient (Wildman–Crippen LogP) is 2.63. The van der Waals surface area contributed by atoms with Crippen molar-refractivity contribution in [2.45, 2.75) is 92.7 Å². The van der Waals surface area contributed by atoms with Gasteiger partial charge in [0.1, 0.15) is 28.3 Å². The van der Waals surface area contributed by atoms with Gasteiger partial charge in [-0.2, -0.15) is 0 Å². The molecule has 232 valence electrons. The van der Waals surface area contributed by atoms with E-state index in [9.17, 15) is 18.6 Å². The highest BCUT2D eigenvalue weighted by molar-refractivity contribution is 7.93. The Morgan fingerprint density at radius 3 is 2.56 bits per heavy atom. The summed E-state index contributed by atoms with van der Waals surface area (Å²) in [5.41, 5.74) is -0.873. The standard InChI is InChI=1S/C28H34ClFN6O6S/c1-13(2)36-19-6-14(5-18(30)22(19)32-24(36)26(3,4)38)21-17(29)10-31-25(33-21)35-27-7-15-8-28(34-15,42-20(9-27)23(27)37)43(39,40)16-11-41-12-16/h5-6,10,13,15-16,20,23,34,37-38H,7-9,11-12H2,1-4H3,(H,31,33,35)/t15-,20+,23+,27+,28?/m0/s1. The molecule has 3 aromatic rings. The van der Waals surface area contributed by atoms with Gasteiger partial charge in [-0.1, -0.05) is 11.6 Å². The highest BCUT2D eigenvalue weighted by atomic mass is 35.5. The van der Waals surface area contributed by atoms with Crippen molar-refractivity contribution in [3.8, 4) is 11.3 Å². The number of aliphatic hydroxyl groups is 2. The Bertz CT molecular complexity index is 1740. The number of nitrogens with zero attached hydrogens (tertiary/aromatic N) is 4. The lowest BCUT2D eigenvalue weighted by atomic mass is 9.65. The highest BCUT2D eigenvalue weighted by Gasteiger charge is 2.68. The number of aromatic nitrogens is 4. The summed E-state index contributed by atoms with van der Waals surface area (Å²) in [4.78, 5) is 13.4. The maximum absolute atomic E-state index is 15.5. The summed E-state index contributed by atoms with van der Waals surface area (Å²) in [6, 6.07) is 2.70. The molecule has 5 atom stereocenters. The number of rotatable bonds is 7. The molecule has 1 unspecified atom stereocenters. The average Bonchev–Trinajstić information content (AvgIpc) is 3.25. The van der Waals surface area contributed by atoms with Gasteiger partial charge in [0.2, 0.25) is 20.8 Å². The molecule has 12 nitrogen and oxygen atoms in total. The molecule has 10 rings (SSSR count). The van der Waals surface area contributed by atoms with Crippen LogP contribution in [0.5, 0.6) is 0 Å². The van der Waals surface area contributed by atoms with Crippen LogP contribution >= 0.6 is 11.6 Å². The van der Waals surface area contributed by atoms with Gasteiger partial charge in [-0.05, 0) is 46.2 Å². The number of benzene rings is 1. The molecule has 0 radical (unpaired) electrons. The molecule has 1 aliphatic carbocycles. The number of fused-ring (bicyclic) bond motifs is 1. The van der Waals surface area contributed by atoms with Crippen molar-refractivity contribution >= 4 is 38.4 Å².